The van der Waals surface area contributed by atoms with Crippen LogP contribution in [0.1, 0.15) is 23.4 Å². The van der Waals surface area contributed by atoms with E-state index in [-0.39, 0.29) is 5.82 Å². The van der Waals surface area contributed by atoms with Crippen molar-refractivity contribution in [3.05, 3.63) is 71.6 Å². The second kappa shape index (κ2) is 5.83. The number of fused-ring (bicyclic) bond motifs is 3. The van der Waals surface area contributed by atoms with E-state index in [1.807, 2.05) is 16.7 Å². The maximum absolute atomic E-state index is 12.9. The minimum absolute atomic E-state index is 0.233. The Bertz CT molecular complexity index is 827. The van der Waals surface area contributed by atoms with Gasteiger partial charge < -0.3 is 4.74 Å². The standard InChI is InChI=1S/C18H16FN3O/c19-15-6-4-13(5-7-15)11-23-16-8-9-17-14(10-16)2-1-3-18-21-20-12-22(17)18/h4-10,12H,1-3,11H2. The monoisotopic (exact) mass is 309 g/mol. The average Bonchev–Trinajstić information content (AvgIpc) is 2.96. The lowest BCUT2D eigenvalue weighted by atomic mass is 10.1. The van der Waals surface area contributed by atoms with Gasteiger partial charge in [0.1, 0.15) is 30.3 Å². The molecule has 0 N–H and O–H groups in total. The van der Waals surface area contributed by atoms with Crippen molar-refractivity contribution in [2.24, 2.45) is 0 Å². The smallest absolute Gasteiger partial charge is 0.137 e. The summed E-state index contributed by atoms with van der Waals surface area (Å²) in [5.41, 5.74) is 3.30. The first kappa shape index (κ1) is 13.9. The fraction of sp³-hybridized carbons (Fsp3) is 0.222. The van der Waals surface area contributed by atoms with Gasteiger partial charge >= 0.3 is 0 Å². The molecule has 2 aromatic carbocycles. The second-order valence-corrected chi connectivity index (χ2v) is 5.68. The molecule has 5 heteroatoms. The van der Waals surface area contributed by atoms with Gasteiger partial charge in [-0.25, -0.2) is 4.39 Å². The number of nitrogens with zero attached hydrogens (tertiary/aromatic N) is 3. The molecule has 1 aliphatic heterocycles. The third kappa shape index (κ3) is 2.82. The molecule has 116 valence electrons. The zero-order valence-electron chi connectivity index (χ0n) is 12.6. The van der Waals surface area contributed by atoms with E-state index in [0.717, 1.165) is 42.1 Å². The number of rotatable bonds is 3. The number of ether oxygens (including phenoxy) is 1. The number of aromatic nitrogens is 3. The van der Waals surface area contributed by atoms with Crippen molar-refractivity contribution in [3.8, 4) is 11.4 Å². The molecule has 0 unspecified atom stereocenters. The summed E-state index contributed by atoms with van der Waals surface area (Å²) in [4.78, 5) is 0. The van der Waals surface area contributed by atoms with Crippen LogP contribution in [0, 0.1) is 5.82 Å². The van der Waals surface area contributed by atoms with Crippen molar-refractivity contribution >= 4 is 0 Å². The van der Waals surface area contributed by atoms with Crippen molar-refractivity contribution in [3.63, 3.8) is 0 Å². The van der Waals surface area contributed by atoms with Gasteiger partial charge in [-0.1, -0.05) is 12.1 Å². The van der Waals surface area contributed by atoms with Crippen LogP contribution >= 0.6 is 0 Å². The van der Waals surface area contributed by atoms with Gasteiger partial charge in [-0.2, -0.15) is 0 Å². The highest BCUT2D eigenvalue weighted by Crippen LogP contribution is 2.27. The molecular formula is C18H16FN3O. The van der Waals surface area contributed by atoms with E-state index in [2.05, 4.69) is 16.3 Å². The lowest BCUT2D eigenvalue weighted by molar-refractivity contribution is 0.305. The molecule has 1 aliphatic rings. The van der Waals surface area contributed by atoms with Crippen LogP contribution in [0.15, 0.2) is 48.8 Å². The molecule has 0 aliphatic carbocycles. The molecular weight excluding hydrogens is 293 g/mol. The van der Waals surface area contributed by atoms with Gasteiger partial charge in [-0.05, 0) is 54.3 Å². The number of benzene rings is 2. The van der Waals surface area contributed by atoms with Crippen molar-refractivity contribution < 1.29 is 9.13 Å². The number of hydrogen-bond donors (Lipinski definition) is 0. The van der Waals surface area contributed by atoms with Crippen molar-refractivity contribution in [2.45, 2.75) is 25.9 Å². The van der Waals surface area contributed by atoms with Crippen LogP contribution in [-0.2, 0) is 19.4 Å². The normalized spacial score (nSPS) is 13.1. The van der Waals surface area contributed by atoms with E-state index >= 15 is 0 Å². The van der Waals surface area contributed by atoms with E-state index in [1.54, 1.807) is 18.5 Å². The van der Waals surface area contributed by atoms with E-state index in [0.29, 0.717) is 6.61 Å². The maximum Gasteiger partial charge on any atom is 0.137 e. The molecule has 0 atom stereocenters. The highest BCUT2D eigenvalue weighted by atomic mass is 19.1. The Morgan fingerprint density at radius 3 is 2.83 bits per heavy atom. The summed E-state index contributed by atoms with van der Waals surface area (Å²) >= 11 is 0. The van der Waals surface area contributed by atoms with E-state index in [9.17, 15) is 4.39 Å². The van der Waals surface area contributed by atoms with Gasteiger partial charge in [-0.3, -0.25) is 4.57 Å². The second-order valence-electron chi connectivity index (χ2n) is 5.68. The first-order valence-corrected chi connectivity index (χ1v) is 7.69. The van der Waals surface area contributed by atoms with Crippen LogP contribution in [0.2, 0.25) is 0 Å². The van der Waals surface area contributed by atoms with E-state index in [1.165, 1.54) is 17.7 Å². The van der Waals surface area contributed by atoms with E-state index in [4.69, 9.17) is 4.74 Å². The third-order valence-electron chi connectivity index (χ3n) is 4.09. The van der Waals surface area contributed by atoms with Crippen LogP contribution in [0.5, 0.6) is 5.75 Å². The number of hydrogen-bond acceptors (Lipinski definition) is 3. The first-order valence-electron chi connectivity index (χ1n) is 7.69. The molecule has 0 radical (unpaired) electrons. The Morgan fingerprint density at radius 2 is 1.96 bits per heavy atom. The Balaban J connectivity index is 1.56. The summed E-state index contributed by atoms with van der Waals surface area (Å²) in [7, 11) is 0. The van der Waals surface area contributed by atoms with Gasteiger partial charge in [0.05, 0.1) is 5.69 Å². The molecule has 4 rings (SSSR count). The quantitative estimate of drug-likeness (QED) is 0.743. The molecule has 4 nitrogen and oxygen atoms in total. The van der Waals surface area contributed by atoms with Gasteiger partial charge in [-0.15, -0.1) is 10.2 Å². The third-order valence-corrected chi connectivity index (χ3v) is 4.09. The summed E-state index contributed by atoms with van der Waals surface area (Å²) in [5, 5.41) is 8.17. The molecule has 3 aromatic rings. The Kier molecular flexibility index (Phi) is 3.54. The first-order chi connectivity index (χ1) is 11.3. The average molecular weight is 309 g/mol. The van der Waals surface area contributed by atoms with Crippen molar-refractivity contribution in [1.82, 2.24) is 14.8 Å². The van der Waals surface area contributed by atoms with Crippen LogP contribution in [-0.4, -0.2) is 14.8 Å². The molecule has 0 spiro atoms. The molecule has 1 aromatic heterocycles. The van der Waals surface area contributed by atoms with E-state index < -0.39 is 0 Å². The summed E-state index contributed by atoms with van der Waals surface area (Å²) in [6, 6.07) is 12.5. The fourth-order valence-electron chi connectivity index (χ4n) is 2.90. The summed E-state index contributed by atoms with van der Waals surface area (Å²) in [6.45, 7) is 0.428. The number of aryl methyl sites for hydroxylation is 2. The van der Waals surface area contributed by atoms with Gasteiger partial charge in [0, 0.05) is 6.42 Å². The lowest BCUT2D eigenvalue weighted by Crippen LogP contribution is -2.01. The van der Waals surface area contributed by atoms with Gasteiger partial charge in [0.15, 0.2) is 0 Å². The summed E-state index contributed by atoms with van der Waals surface area (Å²) in [6.07, 6.45) is 4.73. The maximum atomic E-state index is 12.9. The van der Waals surface area contributed by atoms with Crippen LogP contribution in [0.3, 0.4) is 0 Å². The number of halogens is 1. The predicted molar refractivity (Wildman–Crippen MR) is 84.1 cm³/mol. The molecule has 0 bridgehead atoms. The minimum Gasteiger partial charge on any atom is -0.489 e. The molecule has 0 saturated heterocycles. The Labute approximate surface area is 133 Å². The SMILES string of the molecule is Fc1ccc(COc2ccc3c(c2)CCCc2nncn2-3)cc1. The minimum atomic E-state index is -0.233. The largest absolute Gasteiger partial charge is 0.489 e. The van der Waals surface area contributed by atoms with Crippen LogP contribution < -0.4 is 4.74 Å². The lowest BCUT2D eigenvalue weighted by Gasteiger charge is -2.12. The Morgan fingerprint density at radius 1 is 1.09 bits per heavy atom. The molecule has 0 saturated carbocycles. The molecule has 2 heterocycles. The molecule has 0 fully saturated rings. The molecule has 23 heavy (non-hydrogen) atoms. The predicted octanol–water partition coefficient (Wildman–Crippen LogP) is 3.47. The Hall–Kier alpha value is -2.69. The van der Waals surface area contributed by atoms with Crippen LogP contribution in [0.4, 0.5) is 4.39 Å². The zero-order chi connectivity index (χ0) is 15.6. The van der Waals surface area contributed by atoms with Crippen LogP contribution in [0.25, 0.3) is 5.69 Å². The zero-order valence-corrected chi connectivity index (χ0v) is 12.6. The van der Waals surface area contributed by atoms with Crippen molar-refractivity contribution in [1.29, 1.82) is 0 Å². The summed E-state index contributed by atoms with van der Waals surface area (Å²) < 4.78 is 20.8. The van der Waals surface area contributed by atoms with Gasteiger partial charge in [0.2, 0.25) is 0 Å². The van der Waals surface area contributed by atoms with Gasteiger partial charge in [0.25, 0.3) is 0 Å². The summed E-state index contributed by atoms with van der Waals surface area (Å²) in [5.74, 6) is 1.59. The van der Waals surface area contributed by atoms with Crippen molar-refractivity contribution in [2.75, 3.05) is 0 Å². The highest BCUT2D eigenvalue weighted by Gasteiger charge is 2.15. The molecule has 0 amide bonds. The highest BCUT2D eigenvalue weighted by molar-refractivity contribution is 5.47. The topological polar surface area (TPSA) is 39.9 Å². The fourth-order valence-corrected chi connectivity index (χ4v) is 2.90.